The highest BCUT2D eigenvalue weighted by molar-refractivity contribution is 5.98. The molecule has 0 aromatic heterocycles. The monoisotopic (exact) mass is 342 g/mol. The third-order valence-electron chi connectivity index (χ3n) is 4.07. The van der Waals surface area contributed by atoms with Gasteiger partial charge in [0.1, 0.15) is 18.2 Å². The maximum Gasteiger partial charge on any atom is 0.322 e. The summed E-state index contributed by atoms with van der Waals surface area (Å²) in [6.45, 7) is 2.29. The molecular weight excluding hydrogens is 320 g/mol. The van der Waals surface area contributed by atoms with Gasteiger partial charge in [-0.15, -0.1) is 0 Å². The average Bonchev–Trinajstić information content (AvgIpc) is 2.62. The van der Waals surface area contributed by atoms with Crippen LogP contribution in [-0.2, 0) is 16.1 Å². The van der Waals surface area contributed by atoms with Gasteiger partial charge in [0.05, 0.1) is 0 Å². The van der Waals surface area contributed by atoms with E-state index in [0.29, 0.717) is 0 Å². The Morgan fingerprint density at radius 3 is 2.56 bits per heavy atom. The molecule has 7 heteroatoms. The van der Waals surface area contributed by atoms with Crippen LogP contribution < -0.4 is 10.6 Å². The van der Waals surface area contributed by atoms with Gasteiger partial charge in [-0.1, -0.05) is 30.3 Å². The molecule has 1 aliphatic heterocycles. The highest BCUT2D eigenvalue weighted by atomic mass is 16.4. The van der Waals surface area contributed by atoms with E-state index in [-0.39, 0.29) is 11.6 Å². The van der Waals surface area contributed by atoms with E-state index in [1.54, 1.807) is 6.07 Å². The fourth-order valence-electron chi connectivity index (χ4n) is 2.70. The fourth-order valence-corrected chi connectivity index (χ4v) is 2.70. The Labute approximate surface area is 146 Å². The summed E-state index contributed by atoms with van der Waals surface area (Å²) in [6, 6.07) is 12.3. The number of carbonyl (C=O) groups is 2. The molecule has 0 spiro atoms. The average molecular weight is 342 g/mol. The lowest BCUT2D eigenvalue weighted by Crippen LogP contribution is -2.41. The first kappa shape index (κ1) is 18.5. The zero-order valence-corrected chi connectivity index (χ0v) is 13.9. The molecule has 1 aromatic carbocycles. The minimum absolute atomic E-state index is 0.118. The van der Waals surface area contributed by atoms with Crippen LogP contribution in [0.25, 0.3) is 0 Å². The molecule has 0 unspecified atom stereocenters. The van der Waals surface area contributed by atoms with Crippen LogP contribution in [0.2, 0.25) is 0 Å². The van der Waals surface area contributed by atoms with Crippen molar-refractivity contribution in [2.24, 2.45) is 0 Å². The predicted molar refractivity (Wildman–Crippen MR) is 92.2 cm³/mol. The number of aliphatic carboxylic acids is 1. The minimum Gasteiger partial charge on any atom is -0.480 e. The second-order valence-corrected chi connectivity index (χ2v) is 5.95. The number of carboxylic acid groups (broad SMARTS) is 1. The Morgan fingerprint density at radius 1 is 1.28 bits per heavy atom. The zero-order valence-electron chi connectivity index (χ0n) is 13.9. The van der Waals surface area contributed by atoms with Gasteiger partial charge >= 0.3 is 5.97 Å². The van der Waals surface area contributed by atoms with Gasteiger partial charge in [-0.3, -0.25) is 14.5 Å². The molecule has 1 amide bonds. The molecule has 0 aliphatic carbocycles. The molecule has 132 valence electrons. The van der Waals surface area contributed by atoms with Gasteiger partial charge < -0.3 is 15.7 Å². The van der Waals surface area contributed by atoms with Crippen LogP contribution in [0.3, 0.4) is 0 Å². The van der Waals surface area contributed by atoms with Gasteiger partial charge in [0.2, 0.25) is 0 Å². The van der Waals surface area contributed by atoms with Crippen molar-refractivity contribution in [2.45, 2.75) is 25.4 Å². The van der Waals surface area contributed by atoms with Crippen molar-refractivity contribution in [3.8, 4) is 6.07 Å². The van der Waals surface area contributed by atoms with E-state index in [4.69, 9.17) is 10.4 Å². The van der Waals surface area contributed by atoms with E-state index >= 15 is 0 Å². The van der Waals surface area contributed by atoms with Gasteiger partial charge in [-0.25, -0.2) is 0 Å². The van der Waals surface area contributed by atoms with Crippen LogP contribution in [0, 0.1) is 11.3 Å². The van der Waals surface area contributed by atoms with Crippen molar-refractivity contribution in [1.29, 1.82) is 5.26 Å². The first-order valence-corrected chi connectivity index (χ1v) is 8.21. The molecule has 0 radical (unpaired) electrons. The lowest BCUT2D eigenvalue weighted by Gasteiger charge is -2.32. The van der Waals surface area contributed by atoms with E-state index in [0.717, 1.165) is 32.5 Å². The second kappa shape index (κ2) is 9.45. The number of rotatable bonds is 7. The largest absolute Gasteiger partial charge is 0.480 e. The molecule has 3 N–H and O–H groups in total. The van der Waals surface area contributed by atoms with Crippen molar-refractivity contribution in [3.63, 3.8) is 0 Å². The highest BCUT2D eigenvalue weighted by Crippen LogP contribution is 2.14. The molecule has 0 bridgehead atoms. The number of nitriles is 1. The van der Waals surface area contributed by atoms with Gasteiger partial charge in [0.15, 0.2) is 0 Å². The van der Waals surface area contributed by atoms with Gasteiger partial charge in [-0.05, 0) is 18.4 Å². The van der Waals surface area contributed by atoms with Crippen LogP contribution in [0.15, 0.2) is 42.1 Å². The Hall–Kier alpha value is -2.85. The van der Waals surface area contributed by atoms with Gasteiger partial charge in [0, 0.05) is 31.9 Å². The number of likely N-dealkylation sites (tertiary alicyclic amines) is 1. The number of hydrogen-bond acceptors (Lipinski definition) is 5. The van der Waals surface area contributed by atoms with Crippen LogP contribution in [-0.4, -0.2) is 47.6 Å². The maximum atomic E-state index is 11.7. The number of carbonyl (C=O) groups excluding carboxylic acids is 1. The number of benzene rings is 1. The summed E-state index contributed by atoms with van der Waals surface area (Å²) >= 11 is 0. The Morgan fingerprint density at radius 2 is 1.96 bits per heavy atom. The maximum absolute atomic E-state index is 11.7. The fraction of sp³-hybridized carbons (Fsp3) is 0.389. The summed E-state index contributed by atoms with van der Waals surface area (Å²) in [4.78, 5) is 24.5. The lowest BCUT2D eigenvalue weighted by atomic mass is 10.0. The molecule has 1 aromatic rings. The molecule has 25 heavy (non-hydrogen) atoms. The van der Waals surface area contributed by atoms with E-state index in [2.05, 4.69) is 27.7 Å². The summed E-state index contributed by atoms with van der Waals surface area (Å²) in [7, 11) is 0. The van der Waals surface area contributed by atoms with E-state index in [9.17, 15) is 9.59 Å². The number of nitrogens with one attached hydrogen (secondary N) is 2. The van der Waals surface area contributed by atoms with Crippen LogP contribution in [0.5, 0.6) is 0 Å². The van der Waals surface area contributed by atoms with E-state index in [1.165, 1.54) is 11.8 Å². The lowest BCUT2D eigenvalue weighted by molar-refractivity contribution is -0.137. The Balaban J connectivity index is 1.77. The van der Waals surface area contributed by atoms with Crippen LogP contribution >= 0.6 is 0 Å². The smallest absolute Gasteiger partial charge is 0.322 e. The number of carboxylic acids is 1. The molecular formula is C18H22N4O3. The third-order valence-corrected chi connectivity index (χ3v) is 4.07. The van der Waals surface area contributed by atoms with Crippen molar-refractivity contribution in [1.82, 2.24) is 15.5 Å². The third kappa shape index (κ3) is 6.28. The normalized spacial score (nSPS) is 16.0. The highest BCUT2D eigenvalue weighted by Gasteiger charge is 2.19. The number of piperidine rings is 1. The Kier molecular flexibility index (Phi) is 6.99. The van der Waals surface area contributed by atoms with Crippen molar-refractivity contribution in [2.75, 3.05) is 19.6 Å². The first-order valence-electron chi connectivity index (χ1n) is 8.21. The van der Waals surface area contributed by atoms with Gasteiger partial charge in [-0.2, -0.15) is 5.26 Å². The molecule has 0 atom stereocenters. The van der Waals surface area contributed by atoms with Crippen molar-refractivity contribution < 1.29 is 14.7 Å². The predicted octanol–water partition coefficient (Wildman–Crippen LogP) is 0.849. The summed E-state index contributed by atoms with van der Waals surface area (Å²) in [5.74, 6) is -1.83. The first-order chi connectivity index (χ1) is 12.1. The summed E-state index contributed by atoms with van der Waals surface area (Å²) in [5, 5.41) is 22.9. The number of nitrogens with zero attached hydrogens (tertiary/aromatic N) is 2. The molecule has 1 aliphatic rings. The summed E-state index contributed by atoms with van der Waals surface area (Å²) < 4.78 is 0. The Bertz CT molecular complexity index is 659. The molecule has 1 fully saturated rings. The standard InChI is InChI=1S/C18H22N4O3/c19-10-15(18(25)21-12-17(23)24)11-20-16-6-8-22(9-7-16)13-14-4-2-1-3-5-14/h1-5,11,16,20H,6-9,12-13H2,(H,21,25)(H,23,24)/b15-11-. The summed E-state index contributed by atoms with van der Waals surface area (Å²) in [5.41, 5.74) is 1.17. The van der Waals surface area contributed by atoms with E-state index in [1.807, 2.05) is 18.2 Å². The van der Waals surface area contributed by atoms with Crippen molar-refractivity contribution >= 4 is 11.9 Å². The number of hydrogen-bond donors (Lipinski definition) is 3. The molecule has 0 saturated carbocycles. The summed E-state index contributed by atoms with van der Waals surface area (Å²) in [6.07, 6.45) is 3.21. The zero-order chi connectivity index (χ0) is 18.1. The van der Waals surface area contributed by atoms with E-state index < -0.39 is 18.4 Å². The minimum atomic E-state index is -1.15. The molecule has 7 nitrogen and oxygen atoms in total. The molecule has 2 rings (SSSR count). The second-order valence-electron chi connectivity index (χ2n) is 5.95. The van der Waals surface area contributed by atoms with Crippen molar-refractivity contribution in [3.05, 3.63) is 47.7 Å². The molecule has 1 saturated heterocycles. The topological polar surface area (TPSA) is 105 Å². The van der Waals surface area contributed by atoms with Gasteiger partial charge in [0.25, 0.3) is 5.91 Å². The quantitative estimate of drug-likeness (QED) is 0.501. The van der Waals surface area contributed by atoms with Crippen LogP contribution in [0.4, 0.5) is 0 Å². The van der Waals surface area contributed by atoms with Crippen LogP contribution in [0.1, 0.15) is 18.4 Å². The SMILES string of the molecule is N#C/C(=C/NC1CCN(Cc2ccccc2)CC1)C(=O)NCC(=O)O. The molecule has 1 heterocycles. The number of amides is 1.